The van der Waals surface area contributed by atoms with E-state index < -0.39 is 5.97 Å². The molecule has 0 aromatic carbocycles. The van der Waals surface area contributed by atoms with Crippen LogP contribution < -0.4 is 0 Å². The first-order valence-corrected chi connectivity index (χ1v) is 2.49. The molecule has 0 aliphatic heterocycles. The first-order chi connectivity index (χ1) is 3.27. The van der Waals surface area contributed by atoms with Crippen LogP contribution in [0.3, 0.4) is 0 Å². The van der Waals surface area contributed by atoms with Crippen molar-refractivity contribution in [3.05, 3.63) is 0 Å². The van der Waals surface area contributed by atoms with Crippen molar-refractivity contribution in [1.82, 2.24) is 0 Å². The summed E-state index contributed by atoms with van der Waals surface area (Å²) >= 11 is 0. The van der Waals surface area contributed by atoms with Crippen molar-refractivity contribution in [1.29, 1.82) is 0 Å². The minimum atomic E-state index is -0.693. The molecule has 0 rings (SSSR count). The molecule has 2 nitrogen and oxygen atoms in total. The SMILES string of the molecule is CCCCC(=O)O.[RbH]. The van der Waals surface area contributed by atoms with Crippen LogP contribution >= 0.6 is 0 Å². The van der Waals surface area contributed by atoms with Crippen LogP contribution in [0, 0.1) is 0 Å². The topological polar surface area (TPSA) is 37.3 Å². The summed E-state index contributed by atoms with van der Waals surface area (Å²) in [5.41, 5.74) is 0. The third-order valence-corrected chi connectivity index (χ3v) is 0.744. The van der Waals surface area contributed by atoms with Crippen molar-refractivity contribution in [2.45, 2.75) is 26.2 Å². The van der Waals surface area contributed by atoms with E-state index in [1.807, 2.05) is 6.92 Å². The summed E-state index contributed by atoms with van der Waals surface area (Å²) in [5, 5.41) is 8.04. The molecule has 0 aliphatic rings. The van der Waals surface area contributed by atoms with Crippen molar-refractivity contribution >= 4 is 64.2 Å². The number of unbranched alkanes of at least 4 members (excludes halogenated alkanes) is 1. The Bertz CT molecular complexity index is 63.4. The van der Waals surface area contributed by atoms with Gasteiger partial charge in [0.15, 0.2) is 0 Å². The molecule has 0 aromatic heterocycles. The van der Waals surface area contributed by atoms with Gasteiger partial charge in [-0.3, -0.25) is 4.79 Å². The molecule has 0 amide bonds. The Balaban J connectivity index is 0. The molecule has 1 N–H and O–H groups in total. The summed E-state index contributed by atoms with van der Waals surface area (Å²) in [6, 6.07) is 0. The molecule has 8 heavy (non-hydrogen) atoms. The van der Waals surface area contributed by atoms with Crippen LogP contribution in [0.1, 0.15) is 26.2 Å². The number of carboxylic acids is 1. The molecule has 0 bridgehead atoms. The molecule has 0 radical (unpaired) electrons. The van der Waals surface area contributed by atoms with Crippen LogP contribution in [0.4, 0.5) is 0 Å². The van der Waals surface area contributed by atoms with E-state index in [1.165, 1.54) is 0 Å². The molecule has 0 fully saturated rings. The fourth-order valence-electron chi connectivity index (χ4n) is 0.328. The van der Waals surface area contributed by atoms with Crippen LogP contribution in [0.5, 0.6) is 0 Å². The van der Waals surface area contributed by atoms with Crippen LogP contribution in [-0.4, -0.2) is 69.3 Å². The number of carboxylic acid groups (broad SMARTS) is 1. The van der Waals surface area contributed by atoms with Gasteiger partial charge >= 0.3 is 64.2 Å². The van der Waals surface area contributed by atoms with E-state index in [0.717, 1.165) is 12.8 Å². The van der Waals surface area contributed by atoms with E-state index in [-0.39, 0.29) is 58.2 Å². The van der Waals surface area contributed by atoms with E-state index in [2.05, 4.69) is 0 Å². The average Bonchev–Trinajstić information content (AvgIpc) is 1.61. The third kappa shape index (κ3) is 10.3. The second kappa shape index (κ2) is 8.28. The summed E-state index contributed by atoms with van der Waals surface area (Å²) < 4.78 is 0. The predicted molar refractivity (Wildman–Crippen MR) is 34.3 cm³/mol. The van der Waals surface area contributed by atoms with Gasteiger partial charge in [0.05, 0.1) is 0 Å². The minimum absolute atomic E-state index is 0. The fraction of sp³-hybridized carbons (Fsp3) is 0.800. The van der Waals surface area contributed by atoms with Crippen molar-refractivity contribution in [3.63, 3.8) is 0 Å². The predicted octanol–water partition coefficient (Wildman–Crippen LogP) is 0.613. The second-order valence-corrected chi connectivity index (χ2v) is 1.50. The monoisotopic (exact) mass is 188 g/mol. The molecule has 0 spiro atoms. The van der Waals surface area contributed by atoms with Gasteiger partial charge in [0.25, 0.3) is 0 Å². The molecule has 3 heteroatoms. The van der Waals surface area contributed by atoms with Gasteiger partial charge in [-0.2, -0.15) is 0 Å². The molecule has 0 heterocycles. The summed E-state index contributed by atoms with van der Waals surface area (Å²) in [6.07, 6.45) is 2.08. The first-order valence-electron chi connectivity index (χ1n) is 2.49. The normalized spacial score (nSPS) is 7.62. The second-order valence-electron chi connectivity index (χ2n) is 1.50. The van der Waals surface area contributed by atoms with Crippen molar-refractivity contribution in [2.75, 3.05) is 0 Å². The van der Waals surface area contributed by atoms with E-state index in [1.54, 1.807) is 0 Å². The van der Waals surface area contributed by atoms with Gasteiger partial charge in [-0.1, -0.05) is 13.3 Å². The van der Waals surface area contributed by atoms with Gasteiger partial charge in [-0.15, -0.1) is 0 Å². The molecular formula is C5H11O2Rb. The Hall–Kier alpha value is 1.28. The number of hydrogen-bond donors (Lipinski definition) is 1. The van der Waals surface area contributed by atoms with Crippen LogP contribution in [0.2, 0.25) is 0 Å². The fourth-order valence-corrected chi connectivity index (χ4v) is 0.328. The third-order valence-electron chi connectivity index (χ3n) is 0.744. The molecule has 0 saturated carbocycles. The maximum absolute atomic E-state index is 9.76. The number of aliphatic carboxylic acids is 1. The van der Waals surface area contributed by atoms with Crippen LogP contribution in [0.25, 0.3) is 0 Å². The van der Waals surface area contributed by atoms with E-state index in [4.69, 9.17) is 5.11 Å². The van der Waals surface area contributed by atoms with E-state index >= 15 is 0 Å². The molecule has 0 atom stereocenters. The molecule has 0 aliphatic carbocycles. The van der Waals surface area contributed by atoms with Gasteiger partial charge in [0, 0.05) is 6.42 Å². The molecule has 0 aromatic rings. The summed E-state index contributed by atoms with van der Waals surface area (Å²) in [7, 11) is 0. The Morgan fingerprint density at radius 1 is 1.62 bits per heavy atom. The van der Waals surface area contributed by atoms with Crippen molar-refractivity contribution in [2.24, 2.45) is 0 Å². The van der Waals surface area contributed by atoms with Gasteiger partial charge in [-0.25, -0.2) is 0 Å². The zero-order valence-electron chi connectivity index (χ0n) is 4.48. The van der Waals surface area contributed by atoms with E-state index in [9.17, 15) is 4.79 Å². The van der Waals surface area contributed by atoms with E-state index in [0.29, 0.717) is 6.42 Å². The van der Waals surface area contributed by atoms with Crippen LogP contribution in [-0.2, 0) is 4.79 Å². The average molecular weight is 189 g/mol. The van der Waals surface area contributed by atoms with Crippen LogP contribution in [0.15, 0.2) is 0 Å². The zero-order chi connectivity index (χ0) is 5.70. The Labute approximate surface area is 98.4 Å². The first kappa shape index (κ1) is 12.0. The molecule has 0 saturated heterocycles. The van der Waals surface area contributed by atoms with Gasteiger partial charge in [-0.05, 0) is 6.42 Å². The molecule has 0 unspecified atom stereocenters. The maximum atomic E-state index is 9.76. The Morgan fingerprint density at radius 2 is 2.12 bits per heavy atom. The molecular weight excluding hydrogens is 178 g/mol. The molecule has 44 valence electrons. The number of rotatable bonds is 3. The number of hydrogen-bond acceptors (Lipinski definition) is 1. The Kier molecular flexibility index (Phi) is 12.4. The van der Waals surface area contributed by atoms with Gasteiger partial charge < -0.3 is 5.11 Å². The van der Waals surface area contributed by atoms with Crippen molar-refractivity contribution < 1.29 is 9.90 Å². The van der Waals surface area contributed by atoms with Gasteiger partial charge in [0.2, 0.25) is 0 Å². The zero-order valence-corrected chi connectivity index (χ0v) is 4.48. The number of carbonyl (C=O) groups is 1. The summed E-state index contributed by atoms with van der Waals surface area (Å²) in [4.78, 5) is 9.76. The summed E-state index contributed by atoms with van der Waals surface area (Å²) in [6.45, 7) is 1.98. The Morgan fingerprint density at radius 3 is 2.25 bits per heavy atom. The standard InChI is InChI=1S/C5H10O2.Rb.H/c1-2-3-4-5(6)7;;/h2-4H2,1H3,(H,6,7);;. The van der Waals surface area contributed by atoms with Gasteiger partial charge in [0.1, 0.15) is 0 Å². The quantitative estimate of drug-likeness (QED) is 0.705. The summed E-state index contributed by atoms with van der Waals surface area (Å²) in [5.74, 6) is -0.693. The van der Waals surface area contributed by atoms with Crippen molar-refractivity contribution in [3.8, 4) is 0 Å².